The monoisotopic (exact) mass is 1020 g/mol. The summed E-state index contributed by atoms with van der Waals surface area (Å²) < 4.78 is 0.872. The molecular formula is C44H55EuN6NaO9S. The number of carboxylic acid groups (broad SMARTS) is 1. The van der Waals surface area contributed by atoms with E-state index in [4.69, 9.17) is 4.98 Å². The van der Waals surface area contributed by atoms with Crippen molar-refractivity contribution in [3.05, 3.63) is 124 Å². The molecule has 6 rings (SSSR count). The maximum absolute atomic E-state index is 13.4. The molecule has 3 aromatic carbocycles. The maximum Gasteiger partial charge on any atom is 1.00 e. The van der Waals surface area contributed by atoms with Gasteiger partial charge in [-0.1, -0.05) is 78.8 Å². The Bertz CT molecular complexity index is 2210. The molecule has 329 valence electrons. The first kappa shape index (κ1) is 57.3. The number of benzene rings is 3. The second-order valence-corrected chi connectivity index (χ2v) is 15.6. The molecule has 15 nitrogen and oxygen atoms in total. The van der Waals surface area contributed by atoms with Gasteiger partial charge in [0, 0.05) is 137 Å². The Labute approximate surface area is 428 Å². The summed E-state index contributed by atoms with van der Waals surface area (Å²) >= 11 is 1.48. The van der Waals surface area contributed by atoms with Crippen molar-refractivity contribution in [1.29, 1.82) is 0 Å². The van der Waals surface area contributed by atoms with Crippen LogP contribution < -0.4 is 50.7 Å². The zero-order chi connectivity index (χ0) is 40.0. The van der Waals surface area contributed by atoms with E-state index in [0.29, 0.717) is 80.9 Å². The smallest absolute Gasteiger partial charge is 0.550 e. The zero-order valence-electron chi connectivity index (χ0n) is 34.9. The summed E-state index contributed by atoms with van der Waals surface area (Å²) in [5, 5.41) is 19.6. The van der Waals surface area contributed by atoms with E-state index in [0.717, 1.165) is 21.5 Å². The third-order valence-corrected chi connectivity index (χ3v) is 11.3. The van der Waals surface area contributed by atoms with Crippen molar-refractivity contribution >= 4 is 55.6 Å². The van der Waals surface area contributed by atoms with Crippen molar-refractivity contribution in [3.8, 4) is 0 Å². The van der Waals surface area contributed by atoms with Crippen LogP contribution in [0.4, 0.5) is 0 Å². The van der Waals surface area contributed by atoms with E-state index in [1.807, 2.05) is 103 Å². The summed E-state index contributed by atoms with van der Waals surface area (Å²) in [7, 11) is 0. The Morgan fingerprint density at radius 1 is 0.758 bits per heavy atom. The summed E-state index contributed by atoms with van der Waals surface area (Å²) in [4.78, 5) is 75.6. The molecule has 62 heavy (non-hydrogen) atoms. The van der Waals surface area contributed by atoms with Crippen LogP contribution in [0, 0.1) is 55.3 Å². The Morgan fingerprint density at radius 3 is 1.94 bits per heavy atom. The van der Waals surface area contributed by atoms with Crippen molar-refractivity contribution in [2.45, 2.75) is 31.8 Å². The van der Waals surface area contributed by atoms with Gasteiger partial charge in [0.2, 0.25) is 5.91 Å². The largest absolute Gasteiger partial charge is 1.00 e. The van der Waals surface area contributed by atoms with Crippen LogP contribution in [0.2, 0.25) is 0 Å². The average Bonchev–Trinajstić information content (AvgIpc) is 3.21. The van der Waals surface area contributed by atoms with Crippen LogP contribution in [0.1, 0.15) is 23.2 Å². The summed E-state index contributed by atoms with van der Waals surface area (Å²) in [6.07, 6.45) is 2.44. The number of Topliss-reactive ketones (excluding diaryl/α,β-unsaturated/α-hetero) is 1. The van der Waals surface area contributed by atoms with Gasteiger partial charge < -0.3 is 41.8 Å². The molecule has 2 atom stereocenters. The molecule has 1 fully saturated rings. The van der Waals surface area contributed by atoms with Crippen LogP contribution in [0.25, 0.3) is 20.3 Å². The van der Waals surface area contributed by atoms with E-state index in [1.54, 1.807) is 0 Å². The Hall–Kier alpha value is -2.72. The molecule has 2 aromatic heterocycles. The number of pyridine rings is 1. The number of nitrogens with one attached hydrogen (secondary N) is 2. The number of amides is 1. The van der Waals surface area contributed by atoms with Crippen molar-refractivity contribution in [2.24, 2.45) is 5.92 Å². The van der Waals surface area contributed by atoms with Crippen molar-refractivity contribution in [3.63, 3.8) is 0 Å². The van der Waals surface area contributed by atoms with Gasteiger partial charge in [0.1, 0.15) is 10.6 Å². The van der Waals surface area contributed by atoms with Gasteiger partial charge >= 0.3 is 29.6 Å². The molecule has 1 radical (unpaired) electrons. The summed E-state index contributed by atoms with van der Waals surface area (Å²) in [6, 6.07) is 29.2. The van der Waals surface area contributed by atoms with Crippen LogP contribution in [-0.4, -0.2) is 126 Å². The first-order chi connectivity index (χ1) is 27.7. The van der Waals surface area contributed by atoms with E-state index >= 15 is 0 Å². The van der Waals surface area contributed by atoms with Crippen molar-refractivity contribution in [2.75, 3.05) is 65.4 Å². The molecule has 5 aromatic rings. The fraction of sp³-hybridized carbons (Fsp3) is 0.364. The number of hydrogen-bond acceptors (Lipinski definition) is 12. The third-order valence-electron chi connectivity index (χ3n) is 10.2. The number of carboxylic acids is 1. The molecule has 0 unspecified atom stereocenters. The van der Waals surface area contributed by atoms with Crippen LogP contribution in [0.5, 0.6) is 0 Å². The SMILES string of the molecule is O.O.O=[C-][C@H](Cc1ccccc1)NC(=O)CN1CCNCCN(CC(=O)C[C@@H](Cc2ccccc2)C(=O)[O-])CCN(Cc2ccc3c(=O)c4ccccc4sc3n2)CC1.[Eu].[Na+].[OH3+]. The third kappa shape index (κ3) is 17.7. The number of aliphatic carboxylic acids is 1. The molecule has 0 bridgehead atoms. The van der Waals surface area contributed by atoms with Crippen molar-refractivity contribution < 1.29 is 120 Å². The molecule has 9 N–H and O–H groups in total. The number of fused-ring (bicyclic) bond motifs is 2. The van der Waals surface area contributed by atoms with Crippen LogP contribution in [0.15, 0.2) is 102 Å². The summed E-state index contributed by atoms with van der Waals surface area (Å²) in [5.74, 6) is -2.57. The van der Waals surface area contributed by atoms with E-state index in [1.165, 1.54) is 11.3 Å². The number of nitrogens with zero attached hydrogens (tertiary/aromatic N) is 4. The number of ketones is 1. The molecule has 1 amide bonds. The first-order valence-electron chi connectivity index (χ1n) is 19.4. The minimum absolute atomic E-state index is 0. The molecular weight excluding hydrogens is 964 g/mol. The Kier molecular flexibility index (Phi) is 27.4. The van der Waals surface area contributed by atoms with Gasteiger partial charge in [-0.05, 0) is 48.2 Å². The Morgan fingerprint density at radius 2 is 1.32 bits per heavy atom. The standard InChI is InChI=1S/C44H49N6O6S.Eu.Na.3H2O/c51-31-36(26-33-11-5-2-6-12-33)46-41(53)30-49-20-18-45-17-19-48(29-37(52)27-34(44(55)56)25-32-9-3-1-4-10-32)21-23-50(24-22-49)28-35-15-16-39-42(54)38-13-7-8-14-40(38)57-43(39)47-35;;;;;/h1-16,34,36,45H,17-30H2,(H,46,53)(H,55,56);;;3*1H2/q-1;;+1;;;/t34-,36+;;;;;/m1...../s1. The predicted molar refractivity (Wildman–Crippen MR) is 233 cm³/mol. The van der Waals surface area contributed by atoms with Gasteiger partial charge in [0.05, 0.1) is 24.2 Å². The molecule has 0 saturated carbocycles. The minimum Gasteiger partial charge on any atom is -0.550 e. The van der Waals surface area contributed by atoms with Gasteiger partial charge in [-0.25, -0.2) is 11.3 Å². The quantitative estimate of drug-likeness (QED) is 0.0454. The molecule has 3 heterocycles. The molecule has 0 aliphatic carbocycles. The second kappa shape index (κ2) is 29.7. The first-order valence-corrected chi connectivity index (χ1v) is 20.2. The maximum atomic E-state index is 13.4. The second-order valence-electron chi connectivity index (χ2n) is 14.5. The molecule has 1 aliphatic heterocycles. The molecule has 1 aliphatic rings. The van der Waals surface area contributed by atoms with Crippen LogP contribution in [-0.2, 0) is 44.0 Å². The number of aromatic nitrogens is 1. The normalized spacial score (nSPS) is 15.0. The Balaban J connectivity index is 0.00000384. The molecule has 0 spiro atoms. The number of carbonyl (C=O) groups excluding carboxylic acids is 4. The minimum atomic E-state index is -1.23. The summed E-state index contributed by atoms with van der Waals surface area (Å²) in [6.45, 7) is 5.17. The van der Waals surface area contributed by atoms with E-state index in [2.05, 4.69) is 25.3 Å². The fourth-order valence-electron chi connectivity index (χ4n) is 7.15. The van der Waals surface area contributed by atoms with Gasteiger partial charge in [-0.15, -0.1) is 11.3 Å². The van der Waals surface area contributed by atoms with Crippen molar-refractivity contribution in [1.82, 2.24) is 30.3 Å². The molecule has 1 saturated heterocycles. The van der Waals surface area contributed by atoms with Crippen LogP contribution >= 0.6 is 11.3 Å². The topological polar surface area (TPSA) is 251 Å². The number of hydrogen-bond donors (Lipinski definition) is 2. The van der Waals surface area contributed by atoms with E-state index in [9.17, 15) is 29.1 Å². The fourth-order valence-corrected chi connectivity index (χ4v) is 8.21. The number of carbonyl (C=O) groups is 3. The van der Waals surface area contributed by atoms with Gasteiger partial charge in [0.15, 0.2) is 5.43 Å². The van der Waals surface area contributed by atoms with Gasteiger partial charge in [0.25, 0.3) is 0 Å². The van der Waals surface area contributed by atoms with E-state index in [-0.39, 0.29) is 138 Å². The van der Waals surface area contributed by atoms with Gasteiger partial charge in [-0.3, -0.25) is 29.1 Å². The van der Waals surface area contributed by atoms with Crippen LogP contribution in [0.3, 0.4) is 0 Å². The van der Waals surface area contributed by atoms with E-state index < -0.39 is 17.9 Å². The average molecular weight is 1020 g/mol. The van der Waals surface area contributed by atoms with Gasteiger partial charge in [-0.2, -0.15) is 0 Å². The number of rotatable bonds is 15. The predicted octanol–water partition coefficient (Wildman–Crippen LogP) is -3.34. The summed E-state index contributed by atoms with van der Waals surface area (Å²) in [5.41, 5.74) is 2.52. The molecule has 18 heteroatoms. The zero-order valence-corrected chi connectivity index (χ0v) is 40.1.